The smallest absolute Gasteiger partial charge is 0.416 e. The van der Waals surface area contributed by atoms with E-state index in [1.807, 2.05) is 13.8 Å². The molecule has 8 heteroatoms. The highest BCUT2D eigenvalue weighted by molar-refractivity contribution is 5.74. The zero-order valence-corrected chi connectivity index (χ0v) is 15.9. The molecule has 0 N–H and O–H groups in total. The van der Waals surface area contributed by atoms with Gasteiger partial charge in [-0.25, -0.2) is 4.79 Å². The predicted octanol–water partition coefficient (Wildman–Crippen LogP) is 3.12. The lowest BCUT2D eigenvalue weighted by Gasteiger charge is -2.23. The maximum Gasteiger partial charge on any atom is 0.416 e. The molecule has 0 aliphatic carbocycles. The number of carbonyl (C=O) groups excluding carboxylic acids is 1. The van der Waals surface area contributed by atoms with E-state index in [4.69, 9.17) is 4.74 Å². The lowest BCUT2D eigenvalue weighted by molar-refractivity contribution is -0.147. The van der Waals surface area contributed by atoms with Crippen molar-refractivity contribution in [3.8, 4) is 0 Å². The van der Waals surface area contributed by atoms with Gasteiger partial charge >= 0.3 is 12.1 Å². The Kier molecular flexibility index (Phi) is 7.87. The number of ether oxygens (including phenoxy) is 1. The number of hydrogen-bond acceptors (Lipinski definition) is 4. The molecule has 0 spiro atoms. The van der Waals surface area contributed by atoms with Gasteiger partial charge in [-0.05, 0) is 45.3 Å². The Morgan fingerprint density at radius 2 is 1.92 bits per heavy atom. The van der Waals surface area contributed by atoms with E-state index in [-0.39, 0.29) is 24.5 Å². The van der Waals surface area contributed by atoms with Crippen LogP contribution in [0.2, 0.25) is 0 Å². The van der Waals surface area contributed by atoms with E-state index in [0.717, 1.165) is 4.57 Å². The summed E-state index contributed by atoms with van der Waals surface area (Å²) in [6.45, 7) is 5.90. The van der Waals surface area contributed by atoms with Crippen LogP contribution in [0.3, 0.4) is 0 Å². The molecule has 0 saturated carbocycles. The molecule has 0 amide bonds. The van der Waals surface area contributed by atoms with E-state index in [9.17, 15) is 22.8 Å². The summed E-state index contributed by atoms with van der Waals surface area (Å²) >= 11 is 0. The number of pyridine rings is 1. The van der Waals surface area contributed by atoms with Crippen LogP contribution < -0.4 is 5.56 Å². The second-order valence-electron chi connectivity index (χ2n) is 6.91. The summed E-state index contributed by atoms with van der Waals surface area (Å²) in [4.78, 5) is 26.4. The molecular weight excluding hydrogens is 349 g/mol. The van der Waals surface area contributed by atoms with Gasteiger partial charge in [-0.1, -0.05) is 13.8 Å². The van der Waals surface area contributed by atoms with Gasteiger partial charge in [-0.2, -0.15) is 13.2 Å². The first-order valence-corrected chi connectivity index (χ1v) is 8.61. The third-order valence-electron chi connectivity index (χ3n) is 3.89. The molecule has 1 atom stereocenters. The van der Waals surface area contributed by atoms with Crippen molar-refractivity contribution in [1.82, 2.24) is 9.47 Å². The molecule has 1 unspecified atom stereocenters. The van der Waals surface area contributed by atoms with E-state index >= 15 is 0 Å². The highest BCUT2D eigenvalue weighted by Crippen LogP contribution is 2.32. The van der Waals surface area contributed by atoms with Crippen molar-refractivity contribution in [2.24, 2.45) is 5.92 Å². The van der Waals surface area contributed by atoms with Crippen molar-refractivity contribution in [3.05, 3.63) is 33.7 Å². The minimum absolute atomic E-state index is 0.0103. The standard InChI is InChI=1S/C18H27F3N2O3/c1-6-26-17(25)15(9-12(2)3)23-11-13(7-8-22(4)5)14(10-16(23)24)18(19,20)21/h10-12,15H,6-9H2,1-5H3. The molecule has 0 aliphatic heterocycles. The van der Waals surface area contributed by atoms with Gasteiger partial charge in [0.15, 0.2) is 0 Å². The first-order chi connectivity index (χ1) is 12.0. The van der Waals surface area contributed by atoms with Crippen LogP contribution in [0.1, 0.15) is 44.4 Å². The molecule has 0 aliphatic rings. The molecule has 0 aromatic carbocycles. The zero-order valence-electron chi connectivity index (χ0n) is 15.9. The highest BCUT2D eigenvalue weighted by atomic mass is 19.4. The second kappa shape index (κ2) is 9.21. The normalized spacial score (nSPS) is 13.3. The molecule has 0 bridgehead atoms. The number of carbonyl (C=O) groups is 1. The molecule has 0 radical (unpaired) electrons. The minimum Gasteiger partial charge on any atom is -0.464 e. The summed E-state index contributed by atoms with van der Waals surface area (Å²) in [5.41, 5.74) is -1.82. The summed E-state index contributed by atoms with van der Waals surface area (Å²) in [6.07, 6.45) is -3.05. The molecule has 1 aromatic rings. The summed E-state index contributed by atoms with van der Waals surface area (Å²) < 4.78 is 46.1. The van der Waals surface area contributed by atoms with E-state index < -0.39 is 29.3 Å². The van der Waals surface area contributed by atoms with Crippen molar-refractivity contribution in [2.75, 3.05) is 27.2 Å². The fraction of sp³-hybridized carbons (Fsp3) is 0.667. The topological polar surface area (TPSA) is 51.5 Å². The third-order valence-corrected chi connectivity index (χ3v) is 3.89. The molecule has 1 heterocycles. The SMILES string of the molecule is CCOC(=O)C(CC(C)C)n1cc(CCN(C)C)c(C(F)(F)F)cc1=O. The number of hydrogen-bond donors (Lipinski definition) is 0. The van der Waals surface area contributed by atoms with E-state index in [1.165, 1.54) is 6.20 Å². The molecular formula is C18H27F3N2O3. The Bertz CT molecular complexity index is 667. The van der Waals surface area contributed by atoms with Crippen molar-refractivity contribution in [3.63, 3.8) is 0 Å². The predicted molar refractivity (Wildman–Crippen MR) is 93.1 cm³/mol. The molecule has 1 rings (SSSR count). The molecule has 5 nitrogen and oxygen atoms in total. The van der Waals surface area contributed by atoms with Gasteiger partial charge in [-0.3, -0.25) is 4.79 Å². The van der Waals surface area contributed by atoms with Crippen LogP contribution in [-0.4, -0.2) is 42.7 Å². The number of esters is 1. The van der Waals surface area contributed by atoms with Crippen LogP contribution in [0.25, 0.3) is 0 Å². The average Bonchev–Trinajstić information content (AvgIpc) is 2.50. The minimum atomic E-state index is -4.63. The van der Waals surface area contributed by atoms with Crippen molar-refractivity contribution >= 4 is 5.97 Å². The Labute approximate surface area is 151 Å². The van der Waals surface area contributed by atoms with E-state index in [0.29, 0.717) is 19.0 Å². The molecule has 26 heavy (non-hydrogen) atoms. The van der Waals surface area contributed by atoms with Gasteiger partial charge in [-0.15, -0.1) is 0 Å². The lowest BCUT2D eigenvalue weighted by atomic mass is 10.0. The lowest BCUT2D eigenvalue weighted by Crippen LogP contribution is -2.33. The summed E-state index contributed by atoms with van der Waals surface area (Å²) in [6, 6.07) is -0.361. The van der Waals surface area contributed by atoms with Crippen LogP contribution >= 0.6 is 0 Å². The van der Waals surface area contributed by atoms with Crippen LogP contribution in [0.5, 0.6) is 0 Å². The number of aromatic nitrogens is 1. The van der Waals surface area contributed by atoms with Gasteiger partial charge < -0.3 is 14.2 Å². The van der Waals surface area contributed by atoms with E-state index in [2.05, 4.69) is 0 Å². The quantitative estimate of drug-likeness (QED) is 0.654. The van der Waals surface area contributed by atoms with Gasteiger partial charge in [0.05, 0.1) is 12.2 Å². The maximum atomic E-state index is 13.3. The van der Waals surface area contributed by atoms with Crippen molar-refractivity contribution in [1.29, 1.82) is 0 Å². The summed E-state index contributed by atoms with van der Waals surface area (Å²) in [5, 5.41) is 0. The van der Waals surface area contributed by atoms with Crippen LogP contribution in [0, 0.1) is 5.92 Å². The van der Waals surface area contributed by atoms with Gasteiger partial charge in [0.2, 0.25) is 0 Å². The van der Waals surface area contributed by atoms with Gasteiger partial charge in [0, 0.05) is 18.8 Å². The van der Waals surface area contributed by atoms with Gasteiger partial charge in [0.1, 0.15) is 6.04 Å². The molecule has 0 fully saturated rings. The maximum absolute atomic E-state index is 13.3. The third kappa shape index (κ3) is 6.16. The van der Waals surface area contributed by atoms with E-state index in [1.54, 1.807) is 25.9 Å². The van der Waals surface area contributed by atoms with Crippen LogP contribution in [0.15, 0.2) is 17.1 Å². The fourth-order valence-electron chi connectivity index (χ4n) is 2.65. The fourth-order valence-corrected chi connectivity index (χ4v) is 2.65. The Hall–Kier alpha value is -1.83. The Morgan fingerprint density at radius 3 is 2.38 bits per heavy atom. The Morgan fingerprint density at radius 1 is 1.31 bits per heavy atom. The van der Waals surface area contributed by atoms with Crippen molar-refractivity contribution < 1.29 is 22.7 Å². The van der Waals surface area contributed by atoms with Crippen LogP contribution in [0.4, 0.5) is 13.2 Å². The molecule has 1 aromatic heterocycles. The van der Waals surface area contributed by atoms with Crippen LogP contribution in [-0.2, 0) is 22.1 Å². The highest BCUT2D eigenvalue weighted by Gasteiger charge is 2.35. The number of halogens is 3. The number of likely N-dealkylation sites (N-methyl/N-ethyl adjacent to an activating group) is 1. The Balaban J connectivity index is 3.46. The summed E-state index contributed by atoms with van der Waals surface area (Å²) in [7, 11) is 3.51. The average molecular weight is 376 g/mol. The van der Waals surface area contributed by atoms with Gasteiger partial charge in [0.25, 0.3) is 5.56 Å². The second-order valence-corrected chi connectivity index (χ2v) is 6.91. The zero-order chi connectivity index (χ0) is 20.1. The molecule has 148 valence electrons. The first-order valence-electron chi connectivity index (χ1n) is 8.61. The number of alkyl halides is 3. The number of rotatable bonds is 8. The summed E-state index contributed by atoms with van der Waals surface area (Å²) in [5.74, 6) is -0.551. The monoisotopic (exact) mass is 376 g/mol. The number of nitrogens with zero attached hydrogens (tertiary/aromatic N) is 2. The largest absolute Gasteiger partial charge is 0.464 e. The first kappa shape index (κ1) is 22.2. The molecule has 0 saturated heterocycles. The van der Waals surface area contributed by atoms with Crippen molar-refractivity contribution in [2.45, 2.75) is 45.8 Å².